The van der Waals surface area contributed by atoms with Gasteiger partial charge >= 0.3 is 0 Å². The van der Waals surface area contributed by atoms with Crippen molar-refractivity contribution in [1.82, 2.24) is 4.90 Å². The first-order valence-corrected chi connectivity index (χ1v) is 7.15. The van der Waals surface area contributed by atoms with Crippen LogP contribution in [0.5, 0.6) is 5.75 Å². The van der Waals surface area contributed by atoms with E-state index in [-0.39, 0.29) is 0 Å². The summed E-state index contributed by atoms with van der Waals surface area (Å²) < 4.78 is 5.96. The lowest BCUT2D eigenvalue weighted by molar-refractivity contribution is 0.355. The van der Waals surface area contributed by atoms with Crippen LogP contribution in [-0.4, -0.2) is 30.4 Å². The van der Waals surface area contributed by atoms with Gasteiger partial charge in [0, 0.05) is 24.3 Å². The minimum absolute atomic E-state index is 0.594. The zero-order valence-electron chi connectivity index (χ0n) is 11.9. The maximum atomic E-state index is 6.06. The Morgan fingerprint density at radius 1 is 1.40 bits per heavy atom. The third kappa shape index (κ3) is 3.74. The van der Waals surface area contributed by atoms with E-state index >= 15 is 0 Å². The van der Waals surface area contributed by atoms with Gasteiger partial charge in [-0.15, -0.1) is 0 Å². The van der Waals surface area contributed by atoms with Crippen molar-refractivity contribution in [1.29, 1.82) is 0 Å². The lowest BCUT2D eigenvalue weighted by Gasteiger charge is -2.25. The first kappa shape index (κ1) is 14.9. The number of allylic oxidation sites excluding steroid dienone is 1. The summed E-state index contributed by atoms with van der Waals surface area (Å²) in [6.07, 6.45) is 2.82. The molecule has 0 bridgehead atoms. The van der Waals surface area contributed by atoms with Crippen molar-refractivity contribution in [3.05, 3.63) is 40.7 Å². The monoisotopic (exact) mass is 293 g/mol. The smallest absolute Gasteiger partial charge is 0.164 e. The van der Waals surface area contributed by atoms with E-state index in [0.29, 0.717) is 18.2 Å². The van der Waals surface area contributed by atoms with Crippen LogP contribution in [0.2, 0.25) is 5.02 Å². The van der Waals surface area contributed by atoms with E-state index in [1.165, 1.54) is 0 Å². The third-order valence-corrected chi connectivity index (χ3v) is 3.24. The first-order chi connectivity index (χ1) is 9.62. The number of aryl methyl sites for hydroxylation is 1. The molecule has 108 valence electrons. The molecule has 0 spiro atoms. The molecule has 1 aromatic rings. The van der Waals surface area contributed by atoms with Gasteiger partial charge in [-0.05, 0) is 37.1 Å². The Hall–Kier alpha value is -1.52. The topological polar surface area (TPSA) is 50.8 Å². The van der Waals surface area contributed by atoms with Crippen molar-refractivity contribution in [2.24, 2.45) is 10.7 Å². The number of hydrogen-bond donors (Lipinski definition) is 1. The number of hydrogen-bond acceptors (Lipinski definition) is 4. The largest absolute Gasteiger partial charge is 0.454 e. The van der Waals surface area contributed by atoms with E-state index in [1.807, 2.05) is 36.2 Å². The van der Waals surface area contributed by atoms with Crippen LogP contribution < -0.4 is 10.5 Å². The summed E-state index contributed by atoms with van der Waals surface area (Å²) in [7, 11) is 0. The second-order valence-corrected chi connectivity index (χ2v) is 5.20. The van der Waals surface area contributed by atoms with Crippen molar-refractivity contribution >= 4 is 17.3 Å². The molecule has 0 aliphatic carbocycles. The third-order valence-electron chi connectivity index (χ3n) is 3.02. The Kier molecular flexibility index (Phi) is 5.04. The maximum Gasteiger partial charge on any atom is 0.164 e. The summed E-state index contributed by atoms with van der Waals surface area (Å²) in [5.74, 6) is 1.51. The fourth-order valence-electron chi connectivity index (χ4n) is 2.10. The molecule has 0 radical (unpaired) electrons. The number of halogens is 1. The van der Waals surface area contributed by atoms with Crippen LogP contribution in [-0.2, 0) is 0 Å². The number of ether oxygens (including phenoxy) is 1. The van der Waals surface area contributed by atoms with Crippen LogP contribution in [0.1, 0.15) is 18.9 Å². The standard InChI is InChI=1S/C15H20ClN3O/c1-3-14-15(9-19(5-4-17)10-18-14)20-13-7-11(2)6-12(16)8-13/h6-9H,3-5,10,17H2,1-2H3. The maximum absolute atomic E-state index is 6.06. The van der Waals surface area contributed by atoms with E-state index in [1.54, 1.807) is 0 Å². The Morgan fingerprint density at radius 3 is 2.85 bits per heavy atom. The molecule has 0 saturated carbocycles. The number of nitrogens with zero attached hydrogens (tertiary/aromatic N) is 2. The quantitative estimate of drug-likeness (QED) is 0.908. The molecule has 1 aliphatic rings. The molecular weight excluding hydrogens is 274 g/mol. The summed E-state index contributed by atoms with van der Waals surface area (Å²) in [4.78, 5) is 6.58. The number of nitrogens with two attached hydrogens (primary N) is 1. The average molecular weight is 294 g/mol. The van der Waals surface area contributed by atoms with Gasteiger partial charge in [0.2, 0.25) is 0 Å². The van der Waals surface area contributed by atoms with Gasteiger partial charge < -0.3 is 15.4 Å². The van der Waals surface area contributed by atoms with Crippen molar-refractivity contribution in [3.8, 4) is 5.75 Å². The van der Waals surface area contributed by atoms with Crippen LogP contribution in [0.25, 0.3) is 0 Å². The Bertz CT molecular complexity index is 520. The minimum atomic E-state index is 0.594. The van der Waals surface area contributed by atoms with Crippen molar-refractivity contribution in [2.45, 2.75) is 20.3 Å². The van der Waals surface area contributed by atoms with Gasteiger partial charge in [0.05, 0.1) is 5.71 Å². The molecule has 4 nitrogen and oxygen atoms in total. The van der Waals surface area contributed by atoms with Gasteiger partial charge in [-0.25, -0.2) is 0 Å². The molecule has 1 heterocycles. The molecule has 1 aromatic carbocycles. The average Bonchev–Trinajstić information content (AvgIpc) is 2.38. The number of benzene rings is 1. The van der Waals surface area contributed by atoms with E-state index in [2.05, 4.69) is 11.9 Å². The van der Waals surface area contributed by atoms with Gasteiger partial charge in [0.15, 0.2) is 5.76 Å². The highest BCUT2D eigenvalue weighted by atomic mass is 35.5. The highest BCUT2D eigenvalue weighted by molar-refractivity contribution is 6.30. The normalized spacial score (nSPS) is 14.9. The lowest BCUT2D eigenvalue weighted by Crippen LogP contribution is -2.30. The zero-order chi connectivity index (χ0) is 14.5. The highest BCUT2D eigenvalue weighted by Crippen LogP contribution is 2.24. The van der Waals surface area contributed by atoms with Crippen LogP contribution in [0.4, 0.5) is 0 Å². The fraction of sp³-hybridized carbons (Fsp3) is 0.400. The first-order valence-electron chi connectivity index (χ1n) is 6.77. The molecule has 0 amide bonds. The van der Waals surface area contributed by atoms with Gasteiger partial charge in [-0.2, -0.15) is 0 Å². The fourth-order valence-corrected chi connectivity index (χ4v) is 2.38. The zero-order valence-corrected chi connectivity index (χ0v) is 12.7. The van der Waals surface area contributed by atoms with E-state index in [9.17, 15) is 0 Å². The molecule has 0 fully saturated rings. The Morgan fingerprint density at radius 2 is 2.20 bits per heavy atom. The molecule has 1 aliphatic heterocycles. The highest BCUT2D eigenvalue weighted by Gasteiger charge is 2.15. The Balaban J connectivity index is 2.21. The van der Waals surface area contributed by atoms with Crippen molar-refractivity contribution in [2.75, 3.05) is 19.8 Å². The molecule has 0 aromatic heterocycles. The van der Waals surface area contributed by atoms with Crippen molar-refractivity contribution < 1.29 is 4.74 Å². The molecule has 0 unspecified atom stereocenters. The lowest BCUT2D eigenvalue weighted by atomic mass is 10.2. The molecule has 2 rings (SSSR count). The molecule has 20 heavy (non-hydrogen) atoms. The van der Waals surface area contributed by atoms with Crippen LogP contribution in [0.3, 0.4) is 0 Å². The van der Waals surface area contributed by atoms with Crippen LogP contribution >= 0.6 is 11.6 Å². The molecule has 0 saturated heterocycles. The molecule has 5 heteroatoms. The number of rotatable bonds is 5. The minimum Gasteiger partial charge on any atom is -0.454 e. The van der Waals surface area contributed by atoms with Crippen molar-refractivity contribution in [3.63, 3.8) is 0 Å². The number of aliphatic imine (C=N–C) groups is 1. The van der Waals surface area contributed by atoms with Crippen LogP contribution in [0.15, 0.2) is 35.2 Å². The second-order valence-electron chi connectivity index (χ2n) is 4.76. The van der Waals surface area contributed by atoms with Gasteiger partial charge in [0.25, 0.3) is 0 Å². The summed E-state index contributed by atoms with van der Waals surface area (Å²) in [5.41, 5.74) is 7.62. The molecule has 2 N–H and O–H groups in total. The summed E-state index contributed by atoms with van der Waals surface area (Å²) in [6.45, 7) is 6.06. The van der Waals surface area contributed by atoms with E-state index < -0.39 is 0 Å². The second kappa shape index (κ2) is 6.77. The van der Waals surface area contributed by atoms with Gasteiger partial charge in [-0.1, -0.05) is 18.5 Å². The SMILES string of the molecule is CCC1=NCN(CCN)C=C1Oc1cc(C)cc(Cl)c1. The van der Waals surface area contributed by atoms with Gasteiger partial charge in [0.1, 0.15) is 12.4 Å². The summed E-state index contributed by atoms with van der Waals surface area (Å²) in [5, 5.41) is 0.671. The van der Waals surface area contributed by atoms with E-state index in [0.717, 1.165) is 35.7 Å². The van der Waals surface area contributed by atoms with Gasteiger partial charge in [-0.3, -0.25) is 4.99 Å². The summed E-state index contributed by atoms with van der Waals surface area (Å²) in [6, 6.07) is 5.67. The predicted molar refractivity (Wildman–Crippen MR) is 83.3 cm³/mol. The summed E-state index contributed by atoms with van der Waals surface area (Å²) >= 11 is 6.06. The Labute approximate surface area is 124 Å². The van der Waals surface area contributed by atoms with Crippen LogP contribution in [0, 0.1) is 6.92 Å². The van der Waals surface area contributed by atoms with E-state index in [4.69, 9.17) is 22.1 Å². The predicted octanol–water partition coefficient (Wildman–Crippen LogP) is 2.95. The molecular formula is C15H20ClN3O. The molecule has 0 atom stereocenters.